The van der Waals surface area contributed by atoms with Gasteiger partial charge in [0.1, 0.15) is 5.75 Å². The van der Waals surface area contributed by atoms with Gasteiger partial charge in [-0.25, -0.2) is 0 Å². The second-order valence-electron chi connectivity index (χ2n) is 5.58. The van der Waals surface area contributed by atoms with Gasteiger partial charge in [0.25, 0.3) is 5.91 Å². The highest BCUT2D eigenvalue weighted by molar-refractivity contribution is 5.94. The fourth-order valence-corrected chi connectivity index (χ4v) is 2.33. The number of amides is 2. The molecule has 0 atom stereocenters. The van der Waals surface area contributed by atoms with Crippen molar-refractivity contribution < 1.29 is 23.1 Å². The van der Waals surface area contributed by atoms with Crippen molar-refractivity contribution in [3.63, 3.8) is 0 Å². The molecule has 0 unspecified atom stereocenters. The van der Waals surface area contributed by atoms with Crippen molar-refractivity contribution in [2.24, 2.45) is 0 Å². The summed E-state index contributed by atoms with van der Waals surface area (Å²) in [4.78, 5) is 23.9. The summed E-state index contributed by atoms with van der Waals surface area (Å²) in [6, 6.07) is 13.3. The van der Waals surface area contributed by atoms with Gasteiger partial charge in [0.2, 0.25) is 5.91 Å². The second kappa shape index (κ2) is 9.50. The summed E-state index contributed by atoms with van der Waals surface area (Å²) in [6.45, 7) is -0.977. The average Bonchev–Trinajstić information content (AvgIpc) is 2.62. The number of halogens is 2. The molecule has 0 saturated heterocycles. The Kier molecular flexibility index (Phi) is 7.08. The minimum atomic E-state index is -2.92. The highest BCUT2D eigenvalue weighted by Crippen LogP contribution is 2.26. The molecule has 0 fully saturated rings. The van der Waals surface area contributed by atoms with Crippen LogP contribution in [-0.4, -0.2) is 25.0 Å². The zero-order valence-electron chi connectivity index (χ0n) is 14.3. The van der Waals surface area contributed by atoms with E-state index in [-0.39, 0.29) is 24.0 Å². The molecular formula is C19H20F2N2O3. The van der Waals surface area contributed by atoms with Crippen molar-refractivity contribution >= 4 is 17.5 Å². The molecule has 0 saturated carbocycles. The largest absolute Gasteiger partial charge is 0.434 e. The van der Waals surface area contributed by atoms with Crippen molar-refractivity contribution in [2.45, 2.75) is 26.4 Å². The van der Waals surface area contributed by atoms with E-state index in [1.54, 1.807) is 37.3 Å². The maximum Gasteiger partial charge on any atom is 0.387 e. The number of benzene rings is 2. The summed E-state index contributed by atoms with van der Waals surface area (Å²) in [5, 5.41) is 5.41. The smallest absolute Gasteiger partial charge is 0.387 e. The first-order chi connectivity index (χ1) is 12.5. The first-order valence-electron chi connectivity index (χ1n) is 8.15. The van der Waals surface area contributed by atoms with Crippen LogP contribution in [0.3, 0.4) is 0 Å². The lowest BCUT2D eigenvalue weighted by Crippen LogP contribution is -2.25. The Balaban J connectivity index is 1.78. The zero-order chi connectivity index (χ0) is 18.9. The Morgan fingerprint density at radius 2 is 1.81 bits per heavy atom. The van der Waals surface area contributed by atoms with Gasteiger partial charge in [0.15, 0.2) is 0 Å². The molecule has 0 radical (unpaired) electrons. The number of alkyl halides is 2. The molecule has 0 aromatic heterocycles. The van der Waals surface area contributed by atoms with Crippen molar-refractivity contribution in [1.82, 2.24) is 5.32 Å². The molecular weight excluding hydrogens is 342 g/mol. The highest BCUT2D eigenvalue weighted by Gasteiger charge is 2.12. The molecule has 0 aliphatic heterocycles. The summed E-state index contributed by atoms with van der Waals surface area (Å²) in [7, 11) is 0. The van der Waals surface area contributed by atoms with E-state index >= 15 is 0 Å². The van der Waals surface area contributed by atoms with E-state index in [2.05, 4.69) is 15.4 Å². The molecule has 0 heterocycles. The van der Waals surface area contributed by atoms with Crippen LogP contribution >= 0.6 is 0 Å². The third kappa shape index (κ3) is 5.84. The highest BCUT2D eigenvalue weighted by atomic mass is 19.3. The van der Waals surface area contributed by atoms with E-state index in [9.17, 15) is 18.4 Å². The number of hydrogen-bond donors (Lipinski definition) is 2. The van der Waals surface area contributed by atoms with Crippen LogP contribution in [0.4, 0.5) is 14.5 Å². The molecule has 0 aliphatic rings. The van der Waals surface area contributed by atoms with Crippen LogP contribution in [0.1, 0.15) is 28.8 Å². The van der Waals surface area contributed by atoms with E-state index in [1.165, 1.54) is 12.1 Å². The first kappa shape index (κ1) is 19.4. The molecule has 2 aromatic carbocycles. The zero-order valence-corrected chi connectivity index (χ0v) is 14.3. The molecule has 2 N–H and O–H groups in total. The SMILES string of the molecule is Cc1c(NC(=O)CCCNC(=O)c2ccccc2)cccc1OC(F)F. The fraction of sp³-hybridized carbons (Fsp3) is 0.263. The number of carbonyl (C=O) groups is 2. The molecule has 2 aromatic rings. The van der Waals surface area contributed by atoms with E-state index in [0.29, 0.717) is 29.8 Å². The molecule has 0 bridgehead atoms. The summed E-state index contributed by atoms with van der Waals surface area (Å²) < 4.78 is 29.1. The molecule has 138 valence electrons. The normalized spacial score (nSPS) is 10.5. The third-order valence-corrected chi connectivity index (χ3v) is 3.68. The fourth-order valence-electron chi connectivity index (χ4n) is 2.33. The van der Waals surface area contributed by atoms with Crippen LogP contribution in [-0.2, 0) is 4.79 Å². The molecule has 0 spiro atoms. The monoisotopic (exact) mass is 362 g/mol. The standard InChI is InChI=1S/C19H20F2N2O3/c1-13-15(9-5-10-16(13)26-19(20)21)23-17(24)11-6-12-22-18(25)14-7-3-2-4-8-14/h2-5,7-10,19H,6,11-12H2,1H3,(H,22,25)(H,23,24). The first-order valence-corrected chi connectivity index (χ1v) is 8.15. The van der Waals surface area contributed by atoms with Gasteiger partial charge >= 0.3 is 6.61 Å². The molecule has 7 heteroatoms. The molecule has 0 aliphatic carbocycles. The number of hydrogen-bond acceptors (Lipinski definition) is 3. The Hall–Kier alpha value is -2.96. The van der Waals surface area contributed by atoms with Crippen LogP contribution in [0, 0.1) is 6.92 Å². The third-order valence-electron chi connectivity index (χ3n) is 3.68. The average molecular weight is 362 g/mol. The summed E-state index contributed by atoms with van der Waals surface area (Å²) in [5.74, 6) is -0.442. The van der Waals surface area contributed by atoms with Crippen LogP contribution < -0.4 is 15.4 Å². The van der Waals surface area contributed by atoms with Crippen LogP contribution in [0.2, 0.25) is 0 Å². The Bertz CT molecular complexity index is 752. The molecule has 5 nitrogen and oxygen atoms in total. The second-order valence-corrected chi connectivity index (χ2v) is 5.58. The maximum atomic E-state index is 12.3. The predicted molar refractivity (Wildman–Crippen MR) is 94.4 cm³/mol. The topological polar surface area (TPSA) is 67.4 Å². The van der Waals surface area contributed by atoms with Crippen LogP contribution in [0.5, 0.6) is 5.75 Å². The van der Waals surface area contributed by atoms with Gasteiger partial charge in [-0.1, -0.05) is 24.3 Å². The summed E-state index contributed by atoms with van der Waals surface area (Å²) >= 11 is 0. The molecule has 2 rings (SSSR count). The van der Waals surface area contributed by atoms with Gasteiger partial charge in [-0.2, -0.15) is 8.78 Å². The van der Waals surface area contributed by atoms with Crippen molar-refractivity contribution in [3.05, 3.63) is 59.7 Å². The maximum absolute atomic E-state index is 12.3. The van der Waals surface area contributed by atoms with Crippen LogP contribution in [0.15, 0.2) is 48.5 Å². The lowest BCUT2D eigenvalue weighted by molar-refractivity contribution is -0.116. The number of anilines is 1. The van der Waals surface area contributed by atoms with Gasteiger partial charge < -0.3 is 15.4 Å². The van der Waals surface area contributed by atoms with Gasteiger partial charge in [-0.3, -0.25) is 9.59 Å². The van der Waals surface area contributed by atoms with Crippen LogP contribution in [0.25, 0.3) is 0 Å². The van der Waals surface area contributed by atoms with E-state index in [1.807, 2.05) is 6.07 Å². The van der Waals surface area contributed by atoms with Gasteiger partial charge in [0, 0.05) is 29.8 Å². The minimum Gasteiger partial charge on any atom is -0.434 e. The molecule has 2 amide bonds. The summed E-state index contributed by atoms with van der Waals surface area (Å²) in [6.07, 6.45) is 0.644. The number of ether oxygens (including phenoxy) is 1. The number of carbonyl (C=O) groups excluding carboxylic acids is 2. The molecule has 26 heavy (non-hydrogen) atoms. The minimum absolute atomic E-state index is 0.0212. The predicted octanol–water partition coefficient (Wildman–Crippen LogP) is 3.75. The van der Waals surface area contributed by atoms with Gasteiger partial charge in [-0.05, 0) is 37.6 Å². The van der Waals surface area contributed by atoms with Gasteiger partial charge in [0.05, 0.1) is 0 Å². The Morgan fingerprint density at radius 1 is 1.08 bits per heavy atom. The Labute approximate surface area is 150 Å². The quantitative estimate of drug-likeness (QED) is 0.703. The van der Waals surface area contributed by atoms with E-state index in [4.69, 9.17) is 0 Å². The Morgan fingerprint density at radius 3 is 2.50 bits per heavy atom. The van der Waals surface area contributed by atoms with E-state index < -0.39 is 6.61 Å². The van der Waals surface area contributed by atoms with Crippen molar-refractivity contribution in [1.29, 1.82) is 0 Å². The lowest BCUT2D eigenvalue weighted by atomic mass is 10.1. The number of rotatable bonds is 8. The van der Waals surface area contributed by atoms with Gasteiger partial charge in [-0.15, -0.1) is 0 Å². The van der Waals surface area contributed by atoms with Crippen molar-refractivity contribution in [3.8, 4) is 5.75 Å². The van der Waals surface area contributed by atoms with Crippen molar-refractivity contribution in [2.75, 3.05) is 11.9 Å². The summed E-state index contributed by atoms with van der Waals surface area (Å²) in [5.41, 5.74) is 1.41. The lowest BCUT2D eigenvalue weighted by Gasteiger charge is -2.13. The van der Waals surface area contributed by atoms with E-state index in [0.717, 1.165) is 0 Å². The number of nitrogens with one attached hydrogen (secondary N) is 2.